The fourth-order valence-electron chi connectivity index (χ4n) is 3.75. The van der Waals surface area contributed by atoms with E-state index in [-0.39, 0.29) is 28.7 Å². The van der Waals surface area contributed by atoms with E-state index in [0.717, 1.165) is 0 Å². The number of carbonyl (C=O) groups excluding carboxylic acids is 1. The van der Waals surface area contributed by atoms with Gasteiger partial charge in [0.15, 0.2) is 17.3 Å². The number of aromatic amines is 1. The van der Waals surface area contributed by atoms with E-state index in [0.29, 0.717) is 48.6 Å². The molecule has 1 amide bonds. The summed E-state index contributed by atoms with van der Waals surface area (Å²) in [5.74, 6) is -0.157. The van der Waals surface area contributed by atoms with E-state index in [4.69, 9.17) is 9.26 Å². The summed E-state index contributed by atoms with van der Waals surface area (Å²) in [5, 5.41) is 10.6. The van der Waals surface area contributed by atoms with Crippen molar-refractivity contribution >= 4 is 5.91 Å². The van der Waals surface area contributed by atoms with Crippen molar-refractivity contribution in [2.24, 2.45) is 0 Å². The third-order valence-corrected chi connectivity index (χ3v) is 5.30. The van der Waals surface area contributed by atoms with Crippen LogP contribution in [0, 0.1) is 12.7 Å². The van der Waals surface area contributed by atoms with Crippen LogP contribution in [0.15, 0.2) is 39.6 Å². The lowest BCUT2D eigenvalue weighted by molar-refractivity contribution is 0.0711. The lowest BCUT2D eigenvalue weighted by Gasteiger charge is -2.32. The molecule has 156 valence electrons. The molecule has 0 spiro atoms. The summed E-state index contributed by atoms with van der Waals surface area (Å²) in [6.07, 6.45) is 1.31. The van der Waals surface area contributed by atoms with E-state index >= 15 is 0 Å². The Morgan fingerprint density at radius 3 is 2.67 bits per heavy atom. The van der Waals surface area contributed by atoms with Gasteiger partial charge in [0.2, 0.25) is 0 Å². The lowest BCUT2D eigenvalue weighted by atomic mass is 9.90. The number of hydrogen-bond donors (Lipinski definition) is 1. The molecular formula is C21H21FN4O4. The maximum absolute atomic E-state index is 14.0. The topological polar surface area (TPSA) is 101 Å². The zero-order valence-electron chi connectivity index (χ0n) is 16.6. The smallest absolute Gasteiger partial charge is 0.264 e. The summed E-state index contributed by atoms with van der Waals surface area (Å²) in [5.41, 5.74) is 2.00. The van der Waals surface area contributed by atoms with Crippen molar-refractivity contribution in [2.75, 3.05) is 20.2 Å². The van der Waals surface area contributed by atoms with Gasteiger partial charge in [0.25, 0.3) is 11.5 Å². The molecule has 0 saturated carbocycles. The maximum Gasteiger partial charge on any atom is 0.264 e. The molecule has 0 atom stereocenters. The molecule has 4 rings (SSSR count). The highest BCUT2D eigenvalue weighted by Gasteiger charge is 2.28. The molecule has 0 aliphatic carbocycles. The van der Waals surface area contributed by atoms with Gasteiger partial charge in [-0.05, 0) is 38.0 Å². The molecular weight excluding hydrogens is 391 g/mol. The van der Waals surface area contributed by atoms with Crippen LogP contribution in [-0.4, -0.2) is 46.4 Å². The third-order valence-electron chi connectivity index (χ3n) is 5.30. The van der Waals surface area contributed by atoms with E-state index in [9.17, 15) is 14.0 Å². The monoisotopic (exact) mass is 412 g/mol. The van der Waals surface area contributed by atoms with E-state index in [1.165, 1.54) is 25.3 Å². The molecule has 30 heavy (non-hydrogen) atoms. The van der Waals surface area contributed by atoms with Crippen LogP contribution in [0.3, 0.4) is 0 Å². The number of nitrogens with one attached hydrogen (secondary N) is 1. The number of nitrogens with zero attached hydrogens (tertiary/aromatic N) is 3. The van der Waals surface area contributed by atoms with Crippen LogP contribution in [0.2, 0.25) is 0 Å². The van der Waals surface area contributed by atoms with Crippen molar-refractivity contribution in [2.45, 2.75) is 25.7 Å². The van der Waals surface area contributed by atoms with Crippen LogP contribution in [0.1, 0.15) is 40.5 Å². The van der Waals surface area contributed by atoms with Crippen LogP contribution in [0.4, 0.5) is 4.39 Å². The van der Waals surface area contributed by atoms with Crippen molar-refractivity contribution in [3.05, 3.63) is 63.5 Å². The van der Waals surface area contributed by atoms with E-state index in [1.807, 2.05) is 0 Å². The van der Waals surface area contributed by atoms with Crippen LogP contribution in [0.5, 0.6) is 5.75 Å². The quantitative estimate of drug-likeness (QED) is 0.707. The van der Waals surface area contributed by atoms with Crippen molar-refractivity contribution < 1.29 is 18.4 Å². The summed E-state index contributed by atoms with van der Waals surface area (Å²) >= 11 is 0. The SMILES string of the molecule is COc1ccc(C(=O)N2CCC(c3n[nH]c(=O)cc3-c3cc(C)no3)CC2)cc1F. The summed E-state index contributed by atoms with van der Waals surface area (Å²) in [6.45, 7) is 2.79. The average Bonchev–Trinajstić information content (AvgIpc) is 3.19. The van der Waals surface area contributed by atoms with Gasteiger partial charge < -0.3 is 14.2 Å². The number of amides is 1. The molecule has 3 aromatic rings. The van der Waals surface area contributed by atoms with Gasteiger partial charge >= 0.3 is 0 Å². The number of benzene rings is 1. The Hall–Kier alpha value is -3.49. The second kappa shape index (κ2) is 8.10. The molecule has 0 unspecified atom stereocenters. The number of carbonyl (C=O) groups is 1. The molecule has 9 heteroatoms. The molecule has 8 nitrogen and oxygen atoms in total. The first kappa shape index (κ1) is 19.8. The minimum atomic E-state index is -0.567. The molecule has 0 bridgehead atoms. The first-order chi connectivity index (χ1) is 14.5. The Kier molecular flexibility index (Phi) is 5.35. The van der Waals surface area contributed by atoms with Gasteiger partial charge in [-0.25, -0.2) is 9.49 Å². The highest BCUT2D eigenvalue weighted by Crippen LogP contribution is 2.33. The van der Waals surface area contributed by atoms with Gasteiger partial charge in [-0.1, -0.05) is 5.16 Å². The first-order valence-corrected chi connectivity index (χ1v) is 9.62. The van der Waals surface area contributed by atoms with Gasteiger partial charge in [0.1, 0.15) is 0 Å². The van der Waals surface area contributed by atoms with Gasteiger partial charge in [-0.15, -0.1) is 0 Å². The fourth-order valence-corrected chi connectivity index (χ4v) is 3.75. The number of methoxy groups -OCH3 is 1. The van der Waals surface area contributed by atoms with E-state index in [1.54, 1.807) is 24.0 Å². The molecule has 1 aliphatic heterocycles. The van der Waals surface area contributed by atoms with Gasteiger partial charge in [-0.2, -0.15) is 5.10 Å². The minimum absolute atomic E-state index is 0.0407. The second-order valence-corrected chi connectivity index (χ2v) is 7.28. The Morgan fingerprint density at radius 1 is 1.27 bits per heavy atom. The Bertz CT molecular complexity index is 1130. The van der Waals surface area contributed by atoms with Crippen molar-refractivity contribution in [1.29, 1.82) is 0 Å². The van der Waals surface area contributed by atoms with Crippen molar-refractivity contribution in [1.82, 2.24) is 20.3 Å². The van der Waals surface area contributed by atoms with Crippen LogP contribution in [-0.2, 0) is 0 Å². The second-order valence-electron chi connectivity index (χ2n) is 7.28. The molecule has 1 fully saturated rings. The minimum Gasteiger partial charge on any atom is -0.494 e. The summed E-state index contributed by atoms with van der Waals surface area (Å²) in [7, 11) is 1.38. The van der Waals surface area contributed by atoms with E-state index < -0.39 is 5.82 Å². The summed E-state index contributed by atoms with van der Waals surface area (Å²) in [6, 6.07) is 7.42. The van der Waals surface area contributed by atoms with Gasteiger partial charge in [-0.3, -0.25) is 9.59 Å². The number of likely N-dealkylation sites (tertiary alicyclic amines) is 1. The highest BCUT2D eigenvalue weighted by molar-refractivity contribution is 5.94. The number of aromatic nitrogens is 3. The number of rotatable bonds is 4. The normalized spacial score (nSPS) is 14.7. The van der Waals surface area contributed by atoms with Gasteiger partial charge in [0.05, 0.1) is 18.5 Å². The third kappa shape index (κ3) is 3.83. The molecule has 1 aliphatic rings. The zero-order valence-corrected chi connectivity index (χ0v) is 16.6. The number of halogens is 1. The Morgan fingerprint density at radius 2 is 2.03 bits per heavy atom. The number of hydrogen-bond acceptors (Lipinski definition) is 6. The summed E-state index contributed by atoms with van der Waals surface area (Å²) < 4.78 is 24.2. The lowest BCUT2D eigenvalue weighted by Crippen LogP contribution is -2.38. The predicted molar refractivity (Wildman–Crippen MR) is 106 cm³/mol. The van der Waals surface area contributed by atoms with Gasteiger partial charge in [0, 0.05) is 42.3 Å². The van der Waals surface area contributed by atoms with E-state index in [2.05, 4.69) is 15.4 Å². The highest BCUT2D eigenvalue weighted by atomic mass is 19.1. The van der Waals surface area contributed by atoms with Crippen molar-refractivity contribution in [3.8, 4) is 17.1 Å². The predicted octanol–water partition coefficient (Wildman–Crippen LogP) is 2.90. The number of piperidine rings is 1. The largest absolute Gasteiger partial charge is 0.494 e. The van der Waals surface area contributed by atoms with Crippen molar-refractivity contribution in [3.63, 3.8) is 0 Å². The molecule has 1 N–H and O–H groups in total. The summed E-state index contributed by atoms with van der Waals surface area (Å²) in [4.78, 5) is 26.3. The molecule has 0 radical (unpaired) electrons. The molecule has 3 heterocycles. The molecule has 1 aromatic carbocycles. The maximum atomic E-state index is 14.0. The number of H-pyrrole nitrogens is 1. The average molecular weight is 412 g/mol. The number of ether oxygens (including phenoxy) is 1. The van der Waals surface area contributed by atoms with Crippen LogP contribution in [0.25, 0.3) is 11.3 Å². The molecule has 2 aromatic heterocycles. The zero-order chi connectivity index (χ0) is 21.3. The Balaban J connectivity index is 1.51. The number of aryl methyl sites for hydroxylation is 1. The van der Waals surface area contributed by atoms with Crippen LogP contribution >= 0.6 is 0 Å². The Labute approximate surface area is 171 Å². The standard InChI is InChI=1S/C21H21FN4O4/c1-12-9-18(30-25-12)15-11-19(27)23-24-20(15)13-5-7-26(8-6-13)21(28)14-3-4-17(29-2)16(22)10-14/h3-4,9-11,13H,5-8H2,1-2H3,(H,23,27). The molecule has 1 saturated heterocycles. The first-order valence-electron chi connectivity index (χ1n) is 9.62. The van der Waals surface area contributed by atoms with Crippen LogP contribution < -0.4 is 10.3 Å². The fraction of sp³-hybridized carbons (Fsp3) is 0.333.